The lowest BCUT2D eigenvalue weighted by Crippen LogP contribution is -2.46. The summed E-state index contributed by atoms with van der Waals surface area (Å²) in [5, 5.41) is 13.0. The molecule has 0 saturated carbocycles. The topological polar surface area (TPSA) is 61.8 Å². The molecule has 0 radical (unpaired) electrons. The maximum absolute atomic E-state index is 11.0. The molecular weight excluding hydrogens is 280 g/mol. The van der Waals surface area contributed by atoms with Gasteiger partial charge in [-0.1, -0.05) is 30.3 Å². The Kier molecular flexibility index (Phi) is 6.83. The largest absolute Gasteiger partial charge is 0.389 e. The molecule has 2 N–H and O–H groups in total. The zero-order chi connectivity index (χ0) is 15.8. The van der Waals surface area contributed by atoms with E-state index in [0.29, 0.717) is 19.8 Å². The Labute approximate surface area is 132 Å². The smallest absolute Gasteiger partial charge is 0.217 e. The van der Waals surface area contributed by atoms with Gasteiger partial charge in [-0.2, -0.15) is 0 Å². The first-order chi connectivity index (χ1) is 10.6. The van der Waals surface area contributed by atoms with E-state index in [4.69, 9.17) is 4.74 Å². The normalized spacial score (nSPS) is 18.1. The summed E-state index contributed by atoms with van der Waals surface area (Å²) >= 11 is 0. The molecule has 0 spiro atoms. The highest BCUT2D eigenvalue weighted by Crippen LogP contribution is 2.11. The summed E-state index contributed by atoms with van der Waals surface area (Å²) in [6.07, 6.45) is 1.41. The number of likely N-dealkylation sites (tertiary alicyclic amines) is 1. The lowest BCUT2D eigenvalue weighted by atomic mass is 10.0. The van der Waals surface area contributed by atoms with Crippen molar-refractivity contribution in [2.24, 2.45) is 0 Å². The van der Waals surface area contributed by atoms with Crippen molar-refractivity contribution in [1.29, 1.82) is 0 Å². The molecule has 1 atom stereocenters. The molecule has 5 nitrogen and oxygen atoms in total. The molecule has 1 saturated heterocycles. The number of piperidine rings is 1. The van der Waals surface area contributed by atoms with Crippen molar-refractivity contribution < 1.29 is 14.6 Å². The second-order valence-corrected chi connectivity index (χ2v) is 5.93. The lowest BCUT2D eigenvalue weighted by Gasteiger charge is -2.33. The number of nitrogens with one attached hydrogen (secondary N) is 1. The van der Waals surface area contributed by atoms with E-state index in [0.717, 1.165) is 31.5 Å². The molecule has 1 heterocycles. The van der Waals surface area contributed by atoms with Gasteiger partial charge in [0.25, 0.3) is 0 Å². The zero-order valence-electron chi connectivity index (χ0n) is 13.2. The van der Waals surface area contributed by atoms with Crippen molar-refractivity contribution >= 4 is 5.91 Å². The Morgan fingerprint density at radius 1 is 1.36 bits per heavy atom. The molecule has 1 aromatic carbocycles. The summed E-state index contributed by atoms with van der Waals surface area (Å²) in [4.78, 5) is 13.3. The van der Waals surface area contributed by atoms with Gasteiger partial charge >= 0.3 is 0 Å². The highest BCUT2D eigenvalue weighted by atomic mass is 16.5. The fraction of sp³-hybridized carbons (Fsp3) is 0.588. The summed E-state index contributed by atoms with van der Waals surface area (Å²) in [5.74, 6) is 0.0350. The molecule has 1 unspecified atom stereocenters. The Hall–Kier alpha value is -1.43. The molecule has 1 aliphatic rings. The second-order valence-electron chi connectivity index (χ2n) is 5.93. The number of hydrogen-bond acceptors (Lipinski definition) is 4. The van der Waals surface area contributed by atoms with Crippen LogP contribution in [0.3, 0.4) is 0 Å². The highest BCUT2D eigenvalue weighted by molar-refractivity contribution is 5.73. The molecule has 0 aromatic heterocycles. The predicted molar refractivity (Wildman–Crippen MR) is 85.4 cm³/mol. The van der Waals surface area contributed by atoms with Gasteiger partial charge in [-0.05, 0) is 18.4 Å². The number of carbonyl (C=O) groups is 1. The van der Waals surface area contributed by atoms with Crippen LogP contribution in [-0.2, 0) is 16.1 Å². The molecule has 22 heavy (non-hydrogen) atoms. The van der Waals surface area contributed by atoms with Crippen molar-refractivity contribution in [2.75, 3.05) is 26.2 Å². The van der Waals surface area contributed by atoms with Gasteiger partial charge in [-0.3, -0.25) is 4.79 Å². The summed E-state index contributed by atoms with van der Waals surface area (Å²) in [7, 11) is 0. The van der Waals surface area contributed by atoms with Crippen LogP contribution in [0.1, 0.15) is 25.3 Å². The van der Waals surface area contributed by atoms with Crippen LogP contribution < -0.4 is 5.32 Å². The second kappa shape index (κ2) is 8.88. The van der Waals surface area contributed by atoms with Crippen molar-refractivity contribution in [1.82, 2.24) is 10.2 Å². The van der Waals surface area contributed by atoms with E-state index < -0.39 is 6.10 Å². The summed E-state index contributed by atoms with van der Waals surface area (Å²) < 4.78 is 5.56. The van der Waals surface area contributed by atoms with Gasteiger partial charge in [0, 0.05) is 32.6 Å². The minimum atomic E-state index is -0.471. The Morgan fingerprint density at radius 2 is 2.05 bits per heavy atom. The zero-order valence-corrected chi connectivity index (χ0v) is 13.2. The quantitative estimate of drug-likeness (QED) is 0.794. The molecular formula is C17H26N2O3. The molecule has 0 bridgehead atoms. The predicted octanol–water partition coefficient (Wildman–Crippen LogP) is 1.16. The van der Waals surface area contributed by atoms with Crippen molar-refractivity contribution in [3.05, 3.63) is 35.9 Å². The summed E-state index contributed by atoms with van der Waals surface area (Å²) in [5.41, 5.74) is 1.12. The van der Waals surface area contributed by atoms with E-state index in [1.807, 2.05) is 30.3 Å². The Morgan fingerprint density at radius 3 is 2.68 bits per heavy atom. The number of benzene rings is 1. The number of hydrogen-bond donors (Lipinski definition) is 2. The number of aliphatic hydroxyl groups is 1. The van der Waals surface area contributed by atoms with Gasteiger partial charge in [0.15, 0.2) is 0 Å². The van der Waals surface area contributed by atoms with E-state index in [9.17, 15) is 9.90 Å². The minimum Gasteiger partial charge on any atom is -0.389 e. The van der Waals surface area contributed by atoms with Gasteiger partial charge < -0.3 is 20.1 Å². The number of β-amino-alcohol motifs (C(OH)–C–C–N with tert-alkyl or cyclic N) is 1. The van der Waals surface area contributed by atoms with E-state index >= 15 is 0 Å². The maximum atomic E-state index is 11.0. The standard InChI is InChI=1S/C17H26N2O3/c1-14(20)18-16-7-9-19(10-8-16)11-17(21)13-22-12-15-5-3-2-4-6-15/h2-6,16-17,21H,7-13H2,1H3,(H,18,20). The van der Waals surface area contributed by atoms with Crippen LogP contribution in [-0.4, -0.2) is 54.3 Å². The number of carbonyl (C=O) groups excluding carboxylic acids is 1. The Balaban J connectivity index is 1.59. The SMILES string of the molecule is CC(=O)NC1CCN(CC(O)COCc2ccccc2)CC1. The number of rotatable bonds is 7. The third-order valence-corrected chi connectivity index (χ3v) is 3.89. The Bertz CT molecular complexity index is 444. The van der Waals surface area contributed by atoms with E-state index in [1.54, 1.807) is 6.92 Å². The first-order valence-electron chi connectivity index (χ1n) is 7.92. The molecule has 1 aromatic rings. The fourth-order valence-corrected chi connectivity index (χ4v) is 2.79. The summed E-state index contributed by atoms with van der Waals surface area (Å²) in [6, 6.07) is 10.2. The average molecular weight is 306 g/mol. The summed E-state index contributed by atoms with van der Waals surface area (Å²) in [6.45, 7) is 4.87. The van der Waals surface area contributed by atoms with Crippen LogP contribution in [0.15, 0.2) is 30.3 Å². The van der Waals surface area contributed by atoms with Crippen molar-refractivity contribution in [3.8, 4) is 0 Å². The van der Waals surface area contributed by atoms with E-state index in [1.165, 1.54) is 0 Å². The number of aliphatic hydroxyl groups excluding tert-OH is 1. The van der Waals surface area contributed by atoms with Crippen LogP contribution in [0.5, 0.6) is 0 Å². The third kappa shape index (κ3) is 6.13. The molecule has 1 fully saturated rings. The van der Waals surface area contributed by atoms with Gasteiger partial charge in [0.05, 0.1) is 19.3 Å². The van der Waals surface area contributed by atoms with E-state index in [-0.39, 0.29) is 11.9 Å². The van der Waals surface area contributed by atoms with Crippen LogP contribution in [0, 0.1) is 0 Å². The van der Waals surface area contributed by atoms with Crippen LogP contribution in [0.4, 0.5) is 0 Å². The molecule has 2 rings (SSSR count). The lowest BCUT2D eigenvalue weighted by molar-refractivity contribution is -0.120. The van der Waals surface area contributed by atoms with Gasteiger partial charge in [0.2, 0.25) is 5.91 Å². The molecule has 0 aliphatic carbocycles. The average Bonchev–Trinajstić information content (AvgIpc) is 2.50. The van der Waals surface area contributed by atoms with Crippen molar-refractivity contribution in [3.63, 3.8) is 0 Å². The first-order valence-corrected chi connectivity index (χ1v) is 7.92. The van der Waals surface area contributed by atoms with Crippen molar-refractivity contribution in [2.45, 2.75) is 38.5 Å². The number of nitrogens with zero attached hydrogens (tertiary/aromatic N) is 1. The van der Waals surface area contributed by atoms with Gasteiger partial charge in [0.1, 0.15) is 0 Å². The molecule has 5 heteroatoms. The third-order valence-electron chi connectivity index (χ3n) is 3.89. The molecule has 1 amide bonds. The highest BCUT2D eigenvalue weighted by Gasteiger charge is 2.21. The first kappa shape index (κ1) is 16.9. The maximum Gasteiger partial charge on any atom is 0.217 e. The fourth-order valence-electron chi connectivity index (χ4n) is 2.79. The number of amides is 1. The van der Waals surface area contributed by atoms with Crippen LogP contribution in [0.2, 0.25) is 0 Å². The minimum absolute atomic E-state index is 0.0350. The van der Waals surface area contributed by atoms with Gasteiger partial charge in [-0.25, -0.2) is 0 Å². The van der Waals surface area contributed by atoms with Crippen LogP contribution >= 0.6 is 0 Å². The van der Waals surface area contributed by atoms with E-state index in [2.05, 4.69) is 10.2 Å². The molecule has 1 aliphatic heterocycles. The molecule has 122 valence electrons. The monoisotopic (exact) mass is 306 g/mol. The van der Waals surface area contributed by atoms with Gasteiger partial charge in [-0.15, -0.1) is 0 Å². The van der Waals surface area contributed by atoms with Crippen LogP contribution in [0.25, 0.3) is 0 Å². The number of ether oxygens (including phenoxy) is 1.